The molecule has 174 valence electrons. The standard InChI is InChI=1S/C24H20F3N5O2/c1-14-29-30-23(34-14)20-12-21(16-7-8-16)32(31-20)19-4-2-3-17(11-19)22(33)28-13-15-5-9-18(10-6-15)24(25,26)27/h2-6,9-12,16H,7-8,13H2,1H3,(H,28,33). The predicted molar refractivity (Wildman–Crippen MR) is 116 cm³/mol. The second-order valence-corrected chi connectivity index (χ2v) is 8.19. The Kier molecular flexibility index (Phi) is 5.43. The van der Waals surface area contributed by atoms with Crippen LogP contribution in [-0.2, 0) is 12.7 Å². The van der Waals surface area contributed by atoms with Crippen LogP contribution in [0.1, 0.15) is 51.8 Å². The molecule has 0 radical (unpaired) electrons. The topological polar surface area (TPSA) is 85.8 Å². The molecular weight excluding hydrogens is 447 g/mol. The Morgan fingerprint density at radius 1 is 1.12 bits per heavy atom. The lowest BCUT2D eigenvalue weighted by molar-refractivity contribution is -0.137. The second kappa shape index (κ2) is 8.44. The van der Waals surface area contributed by atoms with Crippen LogP contribution in [0.15, 0.2) is 59.0 Å². The van der Waals surface area contributed by atoms with Gasteiger partial charge < -0.3 is 9.73 Å². The number of hydrogen-bond acceptors (Lipinski definition) is 5. The molecule has 34 heavy (non-hydrogen) atoms. The predicted octanol–water partition coefficient (Wildman–Crippen LogP) is 5.06. The van der Waals surface area contributed by atoms with Gasteiger partial charge in [0.15, 0.2) is 0 Å². The number of nitrogens with zero attached hydrogens (tertiary/aromatic N) is 4. The number of rotatable bonds is 6. The molecule has 0 aliphatic heterocycles. The molecule has 2 aromatic carbocycles. The molecule has 10 heteroatoms. The molecule has 1 saturated carbocycles. The fraction of sp³-hybridized carbons (Fsp3) is 0.250. The van der Waals surface area contributed by atoms with Gasteiger partial charge in [-0.1, -0.05) is 18.2 Å². The quantitative estimate of drug-likeness (QED) is 0.429. The first-order valence-corrected chi connectivity index (χ1v) is 10.7. The third-order valence-electron chi connectivity index (χ3n) is 5.56. The summed E-state index contributed by atoms with van der Waals surface area (Å²) >= 11 is 0. The van der Waals surface area contributed by atoms with Crippen molar-refractivity contribution in [2.75, 3.05) is 0 Å². The minimum Gasteiger partial charge on any atom is -0.420 e. The normalized spacial score (nSPS) is 13.8. The lowest BCUT2D eigenvalue weighted by Crippen LogP contribution is -2.23. The van der Waals surface area contributed by atoms with Gasteiger partial charge in [0.05, 0.1) is 11.3 Å². The van der Waals surface area contributed by atoms with Crippen molar-refractivity contribution in [3.05, 3.63) is 82.9 Å². The number of alkyl halides is 3. The summed E-state index contributed by atoms with van der Waals surface area (Å²) in [5.74, 6) is 0.824. The molecule has 2 heterocycles. The van der Waals surface area contributed by atoms with Gasteiger partial charge in [0.25, 0.3) is 11.8 Å². The van der Waals surface area contributed by atoms with Gasteiger partial charge in [-0.3, -0.25) is 4.79 Å². The van der Waals surface area contributed by atoms with E-state index in [-0.39, 0.29) is 12.5 Å². The van der Waals surface area contributed by atoms with Crippen molar-refractivity contribution in [3.63, 3.8) is 0 Å². The van der Waals surface area contributed by atoms with E-state index in [1.165, 1.54) is 12.1 Å². The van der Waals surface area contributed by atoms with Crippen LogP contribution >= 0.6 is 0 Å². The maximum Gasteiger partial charge on any atom is 0.416 e. The van der Waals surface area contributed by atoms with E-state index in [0.29, 0.717) is 40.2 Å². The first-order valence-electron chi connectivity index (χ1n) is 10.7. The third-order valence-corrected chi connectivity index (χ3v) is 5.56. The summed E-state index contributed by atoms with van der Waals surface area (Å²) in [6.07, 6.45) is -2.28. The number of halogens is 3. The molecule has 0 atom stereocenters. The van der Waals surface area contributed by atoms with E-state index in [1.807, 2.05) is 12.1 Å². The van der Waals surface area contributed by atoms with Crippen LogP contribution in [0.5, 0.6) is 0 Å². The van der Waals surface area contributed by atoms with Crippen molar-refractivity contribution in [3.8, 4) is 17.3 Å². The van der Waals surface area contributed by atoms with Crippen LogP contribution in [0.4, 0.5) is 13.2 Å². The van der Waals surface area contributed by atoms with Gasteiger partial charge in [-0.15, -0.1) is 10.2 Å². The van der Waals surface area contributed by atoms with Crippen molar-refractivity contribution in [2.24, 2.45) is 0 Å². The number of benzene rings is 2. The Labute approximate surface area is 192 Å². The Hall–Kier alpha value is -3.95. The zero-order chi connectivity index (χ0) is 23.9. The third kappa shape index (κ3) is 4.57. The smallest absolute Gasteiger partial charge is 0.416 e. The van der Waals surface area contributed by atoms with Crippen molar-refractivity contribution >= 4 is 5.91 Å². The largest absolute Gasteiger partial charge is 0.420 e. The van der Waals surface area contributed by atoms with E-state index in [9.17, 15) is 18.0 Å². The highest BCUT2D eigenvalue weighted by atomic mass is 19.4. The van der Waals surface area contributed by atoms with Gasteiger partial charge in [-0.2, -0.15) is 18.3 Å². The SMILES string of the molecule is Cc1nnc(-c2cc(C3CC3)n(-c3cccc(C(=O)NCc4ccc(C(F)(F)F)cc4)c3)n2)o1. The van der Waals surface area contributed by atoms with Crippen LogP contribution in [0.25, 0.3) is 17.3 Å². The molecule has 0 spiro atoms. The van der Waals surface area contributed by atoms with Gasteiger partial charge in [0.2, 0.25) is 5.89 Å². The van der Waals surface area contributed by atoms with Crippen molar-refractivity contribution < 1.29 is 22.4 Å². The highest BCUT2D eigenvalue weighted by Gasteiger charge is 2.31. The van der Waals surface area contributed by atoms with Crippen LogP contribution in [0.3, 0.4) is 0 Å². The highest BCUT2D eigenvalue weighted by Crippen LogP contribution is 2.42. The number of aryl methyl sites for hydroxylation is 1. The van der Waals surface area contributed by atoms with Crippen LogP contribution in [0.2, 0.25) is 0 Å². The minimum atomic E-state index is -4.39. The van der Waals surface area contributed by atoms with Gasteiger partial charge in [0.1, 0.15) is 5.69 Å². The average molecular weight is 467 g/mol. The van der Waals surface area contributed by atoms with E-state index in [4.69, 9.17) is 4.42 Å². The number of carbonyl (C=O) groups is 1. The van der Waals surface area contributed by atoms with Crippen molar-refractivity contribution in [1.82, 2.24) is 25.3 Å². The zero-order valence-corrected chi connectivity index (χ0v) is 18.1. The Morgan fingerprint density at radius 3 is 2.53 bits per heavy atom. The lowest BCUT2D eigenvalue weighted by atomic mass is 10.1. The lowest BCUT2D eigenvalue weighted by Gasteiger charge is -2.10. The maximum absolute atomic E-state index is 12.7. The molecule has 0 saturated heterocycles. The van der Waals surface area contributed by atoms with E-state index in [1.54, 1.807) is 29.8 Å². The summed E-state index contributed by atoms with van der Waals surface area (Å²) in [6, 6.07) is 13.7. The van der Waals surface area contributed by atoms with E-state index in [0.717, 1.165) is 30.7 Å². The molecule has 1 amide bonds. The first kappa shape index (κ1) is 21.9. The molecule has 0 unspecified atom stereocenters. The summed E-state index contributed by atoms with van der Waals surface area (Å²) in [5, 5.41) is 15.3. The first-order chi connectivity index (χ1) is 16.3. The van der Waals surface area contributed by atoms with Gasteiger partial charge in [-0.05, 0) is 54.8 Å². The maximum atomic E-state index is 12.7. The molecule has 2 aromatic heterocycles. The van der Waals surface area contributed by atoms with Crippen LogP contribution in [-0.4, -0.2) is 25.9 Å². The monoisotopic (exact) mass is 467 g/mol. The summed E-state index contributed by atoms with van der Waals surface area (Å²) in [5.41, 5.74) is 2.55. The molecule has 1 N–H and O–H groups in total. The number of amides is 1. The molecule has 5 rings (SSSR count). The number of nitrogens with one attached hydrogen (secondary N) is 1. The van der Waals surface area contributed by atoms with Gasteiger partial charge in [-0.25, -0.2) is 4.68 Å². The molecular formula is C24H20F3N5O2. The van der Waals surface area contributed by atoms with Crippen molar-refractivity contribution in [1.29, 1.82) is 0 Å². The Balaban J connectivity index is 1.34. The fourth-order valence-corrected chi connectivity index (χ4v) is 3.65. The molecule has 1 fully saturated rings. The summed E-state index contributed by atoms with van der Waals surface area (Å²) in [4.78, 5) is 12.7. The van der Waals surface area contributed by atoms with Crippen LogP contribution < -0.4 is 5.32 Å². The molecule has 1 aliphatic carbocycles. The number of aromatic nitrogens is 4. The van der Waals surface area contributed by atoms with Crippen LogP contribution in [0, 0.1) is 6.92 Å². The minimum absolute atomic E-state index is 0.108. The summed E-state index contributed by atoms with van der Waals surface area (Å²) in [6.45, 7) is 1.82. The van der Waals surface area contributed by atoms with Crippen molar-refractivity contribution in [2.45, 2.75) is 38.4 Å². The zero-order valence-electron chi connectivity index (χ0n) is 18.1. The highest BCUT2D eigenvalue weighted by molar-refractivity contribution is 5.94. The fourth-order valence-electron chi connectivity index (χ4n) is 3.65. The van der Waals surface area contributed by atoms with E-state index >= 15 is 0 Å². The molecule has 0 bridgehead atoms. The Bertz CT molecular complexity index is 1340. The molecule has 1 aliphatic rings. The number of hydrogen-bond donors (Lipinski definition) is 1. The summed E-state index contributed by atoms with van der Waals surface area (Å²) in [7, 11) is 0. The average Bonchev–Trinajstić information content (AvgIpc) is 3.42. The molecule has 7 nitrogen and oxygen atoms in total. The number of carbonyl (C=O) groups excluding carboxylic acids is 1. The van der Waals surface area contributed by atoms with Gasteiger partial charge >= 0.3 is 6.18 Å². The molecule has 4 aromatic rings. The van der Waals surface area contributed by atoms with E-state index < -0.39 is 11.7 Å². The summed E-state index contributed by atoms with van der Waals surface area (Å²) < 4.78 is 45.5. The Morgan fingerprint density at radius 2 is 1.88 bits per heavy atom. The van der Waals surface area contributed by atoms with E-state index in [2.05, 4.69) is 20.6 Å². The van der Waals surface area contributed by atoms with Gasteiger partial charge in [0, 0.05) is 30.6 Å². The second-order valence-electron chi connectivity index (χ2n) is 8.19.